The van der Waals surface area contributed by atoms with Gasteiger partial charge in [0.25, 0.3) is 0 Å². The highest BCUT2D eigenvalue weighted by Gasteiger charge is 2.09. The molecule has 2 aromatic rings. The van der Waals surface area contributed by atoms with E-state index in [1.54, 1.807) is 0 Å². The molecule has 0 saturated carbocycles. The zero-order valence-electron chi connectivity index (χ0n) is 9.92. The van der Waals surface area contributed by atoms with Gasteiger partial charge in [-0.25, -0.2) is 4.98 Å². The van der Waals surface area contributed by atoms with Crippen LogP contribution in [0.3, 0.4) is 0 Å². The molecule has 1 heterocycles. The van der Waals surface area contributed by atoms with Gasteiger partial charge in [-0.1, -0.05) is 19.8 Å². The summed E-state index contributed by atoms with van der Waals surface area (Å²) in [4.78, 5) is 4.60. The molecule has 17 heavy (non-hydrogen) atoms. The fourth-order valence-electron chi connectivity index (χ4n) is 2.02. The van der Waals surface area contributed by atoms with Gasteiger partial charge in [0.2, 0.25) is 0 Å². The van der Waals surface area contributed by atoms with Crippen molar-refractivity contribution in [2.24, 2.45) is 0 Å². The summed E-state index contributed by atoms with van der Waals surface area (Å²) in [5.74, 6) is 1.47. The molecule has 1 aromatic heterocycles. The van der Waals surface area contributed by atoms with Gasteiger partial charge in [-0.2, -0.15) is 0 Å². The number of rotatable bonds is 5. The van der Waals surface area contributed by atoms with Crippen molar-refractivity contribution in [2.45, 2.75) is 38.6 Å². The topological polar surface area (TPSA) is 17.8 Å². The first-order valence-electron chi connectivity index (χ1n) is 5.97. The first kappa shape index (κ1) is 13.1. The Labute approximate surface area is 121 Å². The van der Waals surface area contributed by atoms with Crippen molar-refractivity contribution in [3.05, 3.63) is 27.6 Å². The van der Waals surface area contributed by atoms with E-state index in [0.29, 0.717) is 5.88 Å². The van der Waals surface area contributed by atoms with Crippen LogP contribution in [0.2, 0.25) is 0 Å². The SMILES string of the molecule is CCCCCn1c(CCl)nc2cc(I)ccc21. The van der Waals surface area contributed by atoms with Gasteiger partial charge in [0.1, 0.15) is 5.82 Å². The van der Waals surface area contributed by atoms with Crippen LogP contribution < -0.4 is 0 Å². The Morgan fingerprint density at radius 3 is 2.88 bits per heavy atom. The van der Waals surface area contributed by atoms with E-state index in [9.17, 15) is 0 Å². The van der Waals surface area contributed by atoms with Crippen molar-refractivity contribution in [2.75, 3.05) is 0 Å². The zero-order valence-corrected chi connectivity index (χ0v) is 12.8. The lowest BCUT2D eigenvalue weighted by Gasteiger charge is -2.06. The molecule has 0 aliphatic rings. The van der Waals surface area contributed by atoms with E-state index in [2.05, 4.69) is 57.3 Å². The Balaban J connectivity index is 2.36. The van der Waals surface area contributed by atoms with E-state index >= 15 is 0 Å². The Morgan fingerprint density at radius 2 is 2.18 bits per heavy atom. The van der Waals surface area contributed by atoms with E-state index in [1.165, 1.54) is 28.3 Å². The normalized spacial score (nSPS) is 11.2. The van der Waals surface area contributed by atoms with Crippen LogP contribution in [0.5, 0.6) is 0 Å². The number of halogens is 2. The number of benzene rings is 1. The van der Waals surface area contributed by atoms with E-state index < -0.39 is 0 Å². The molecule has 0 aliphatic carbocycles. The standard InChI is InChI=1S/C13H16ClIN2/c1-2-3-4-7-17-12-6-5-10(15)8-11(12)16-13(17)9-14/h5-6,8H,2-4,7,9H2,1H3. The molecule has 0 saturated heterocycles. The minimum absolute atomic E-state index is 0.484. The maximum absolute atomic E-state index is 5.97. The van der Waals surface area contributed by atoms with Crippen molar-refractivity contribution in [3.63, 3.8) is 0 Å². The molecule has 0 spiro atoms. The van der Waals surface area contributed by atoms with Crippen molar-refractivity contribution in [1.29, 1.82) is 0 Å². The highest BCUT2D eigenvalue weighted by Crippen LogP contribution is 2.20. The number of hydrogen-bond donors (Lipinski definition) is 0. The number of unbranched alkanes of at least 4 members (excludes halogenated alkanes) is 2. The summed E-state index contributed by atoms with van der Waals surface area (Å²) < 4.78 is 3.48. The molecule has 0 aliphatic heterocycles. The molecular weight excluding hydrogens is 347 g/mol. The average molecular weight is 363 g/mol. The maximum Gasteiger partial charge on any atom is 0.124 e. The number of aromatic nitrogens is 2. The quantitative estimate of drug-likeness (QED) is 0.433. The number of aryl methyl sites for hydroxylation is 1. The van der Waals surface area contributed by atoms with E-state index in [0.717, 1.165) is 17.9 Å². The maximum atomic E-state index is 5.97. The molecule has 4 heteroatoms. The van der Waals surface area contributed by atoms with Crippen LogP contribution in [0, 0.1) is 3.57 Å². The third kappa shape index (κ3) is 2.94. The second kappa shape index (κ2) is 6.05. The highest BCUT2D eigenvalue weighted by molar-refractivity contribution is 14.1. The van der Waals surface area contributed by atoms with Gasteiger partial charge in [-0.05, 0) is 47.2 Å². The summed E-state index contributed by atoms with van der Waals surface area (Å²) in [7, 11) is 0. The van der Waals surface area contributed by atoms with Crippen LogP contribution in [0.4, 0.5) is 0 Å². The Bertz CT molecular complexity index is 507. The minimum atomic E-state index is 0.484. The number of nitrogens with zero attached hydrogens (tertiary/aromatic N) is 2. The third-order valence-electron chi connectivity index (χ3n) is 2.89. The molecule has 2 nitrogen and oxygen atoms in total. The van der Waals surface area contributed by atoms with Crippen LogP contribution in [0.15, 0.2) is 18.2 Å². The summed E-state index contributed by atoms with van der Waals surface area (Å²) in [6, 6.07) is 6.38. The second-order valence-electron chi connectivity index (χ2n) is 4.15. The lowest BCUT2D eigenvalue weighted by atomic mass is 10.2. The van der Waals surface area contributed by atoms with Crippen LogP contribution in [-0.2, 0) is 12.4 Å². The summed E-state index contributed by atoms with van der Waals surface area (Å²) >= 11 is 8.28. The molecule has 2 rings (SSSR count). The van der Waals surface area contributed by atoms with Gasteiger partial charge in [0.05, 0.1) is 16.9 Å². The van der Waals surface area contributed by atoms with Crippen molar-refractivity contribution < 1.29 is 0 Å². The number of fused-ring (bicyclic) bond motifs is 1. The van der Waals surface area contributed by atoms with Crippen molar-refractivity contribution >= 4 is 45.2 Å². The van der Waals surface area contributed by atoms with E-state index in [-0.39, 0.29) is 0 Å². The van der Waals surface area contributed by atoms with Crippen molar-refractivity contribution in [1.82, 2.24) is 9.55 Å². The van der Waals surface area contributed by atoms with Gasteiger partial charge >= 0.3 is 0 Å². The molecule has 0 atom stereocenters. The first-order chi connectivity index (χ1) is 8.26. The lowest BCUT2D eigenvalue weighted by Crippen LogP contribution is -2.02. The summed E-state index contributed by atoms with van der Waals surface area (Å²) in [6.07, 6.45) is 3.68. The molecule has 1 aromatic carbocycles. The molecule has 0 bridgehead atoms. The second-order valence-corrected chi connectivity index (χ2v) is 5.67. The Kier molecular flexibility index (Phi) is 4.68. The lowest BCUT2D eigenvalue weighted by molar-refractivity contribution is 0.600. The van der Waals surface area contributed by atoms with Crippen molar-refractivity contribution in [3.8, 4) is 0 Å². The average Bonchev–Trinajstić information content (AvgIpc) is 2.67. The van der Waals surface area contributed by atoms with Gasteiger partial charge in [-0.15, -0.1) is 11.6 Å². The zero-order chi connectivity index (χ0) is 12.3. The fourth-order valence-corrected chi connectivity index (χ4v) is 2.70. The fraction of sp³-hybridized carbons (Fsp3) is 0.462. The van der Waals surface area contributed by atoms with E-state index in [1.807, 2.05) is 0 Å². The largest absolute Gasteiger partial charge is 0.327 e. The first-order valence-corrected chi connectivity index (χ1v) is 7.58. The summed E-state index contributed by atoms with van der Waals surface area (Å²) in [6.45, 7) is 3.24. The molecule has 0 amide bonds. The molecular formula is C13H16ClIN2. The minimum Gasteiger partial charge on any atom is -0.327 e. The van der Waals surface area contributed by atoms with Crippen LogP contribution in [-0.4, -0.2) is 9.55 Å². The monoisotopic (exact) mass is 362 g/mol. The van der Waals surface area contributed by atoms with Crippen LogP contribution in [0.1, 0.15) is 32.0 Å². The van der Waals surface area contributed by atoms with Crippen LogP contribution in [0.25, 0.3) is 11.0 Å². The highest BCUT2D eigenvalue weighted by atomic mass is 127. The van der Waals surface area contributed by atoms with Gasteiger partial charge in [0.15, 0.2) is 0 Å². The third-order valence-corrected chi connectivity index (χ3v) is 3.80. The number of imidazole rings is 1. The predicted molar refractivity (Wildman–Crippen MR) is 81.5 cm³/mol. The predicted octanol–water partition coefficient (Wildman–Crippen LogP) is 4.57. The molecule has 0 N–H and O–H groups in total. The van der Waals surface area contributed by atoms with Crippen LogP contribution >= 0.6 is 34.2 Å². The van der Waals surface area contributed by atoms with Gasteiger partial charge in [-0.3, -0.25) is 0 Å². The van der Waals surface area contributed by atoms with E-state index in [4.69, 9.17) is 11.6 Å². The number of alkyl halides is 1. The Hall–Kier alpha value is -0.290. The Morgan fingerprint density at radius 1 is 1.35 bits per heavy atom. The summed E-state index contributed by atoms with van der Waals surface area (Å²) in [5.41, 5.74) is 2.27. The number of hydrogen-bond acceptors (Lipinski definition) is 1. The summed E-state index contributed by atoms with van der Waals surface area (Å²) in [5, 5.41) is 0. The van der Waals surface area contributed by atoms with Gasteiger partial charge < -0.3 is 4.57 Å². The molecule has 0 radical (unpaired) electrons. The smallest absolute Gasteiger partial charge is 0.124 e. The molecule has 0 unspecified atom stereocenters. The molecule has 0 fully saturated rings. The van der Waals surface area contributed by atoms with Gasteiger partial charge in [0, 0.05) is 10.1 Å². The molecule has 92 valence electrons.